The van der Waals surface area contributed by atoms with Crippen LogP contribution in [0, 0.1) is 0 Å². The van der Waals surface area contributed by atoms with Gasteiger partial charge in [-0.2, -0.15) is 8.78 Å². The monoisotopic (exact) mass is 309 g/mol. The molecule has 3 N–H and O–H groups in total. The van der Waals surface area contributed by atoms with Gasteiger partial charge < -0.3 is 20.4 Å². The van der Waals surface area contributed by atoms with Gasteiger partial charge >= 0.3 is 6.61 Å². The first kappa shape index (κ1) is 14.8. The highest BCUT2D eigenvalue weighted by Crippen LogP contribution is 2.27. The average molecular weight is 309 g/mol. The summed E-state index contributed by atoms with van der Waals surface area (Å²) in [4.78, 5) is 15.2. The average Bonchev–Trinajstić information content (AvgIpc) is 2.93. The molecule has 1 aromatic carbocycles. The van der Waals surface area contributed by atoms with Gasteiger partial charge in [0.25, 0.3) is 5.91 Å². The largest absolute Gasteiger partial charge is 0.434 e. The molecule has 3 rings (SSSR count). The third-order valence-electron chi connectivity index (χ3n) is 3.72. The molecule has 1 fully saturated rings. The van der Waals surface area contributed by atoms with Crippen LogP contribution in [0.1, 0.15) is 23.3 Å². The highest BCUT2D eigenvalue weighted by atomic mass is 19.3. The van der Waals surface area contributed by atoms with Crippen LogP contribution in [0.15, 0.2) is 24.3 Å². The molecule has 1 amide bonds. The van der Waals surface area contributed by atoms with Crippen molar-refractivity contribution in [2.45, 2.75) is 25.5 Å². The fourth-order valence-corrected chi connectivity index (χ4v) is 2.69. The second-order valence-corrected chi connectivity index (χ2v) is 5.30. The number of nitrogens with one attached hydrogen (secondary N) is 3. The van der Waals surface area contributed by atoms with Crippen molar-refractivity contribution in [2.75, 3.05) is 13.1 Å². The van der Waals surface area contributed by atoms with Crippen molar-refractivity contribution in [3.8, 4) is 5.75 Å². The number of ether oxygens (including phenoxy) is 1. The Kier molecular flexibility index (Phi) is 4.24. The van der Waals surface area contributed by atoms with Crippen molar-refractivity contribution < 1.29 is 18.3 Å². The zero-order valence-electron chi connectivity index (χ0n) is 11.9. The second kappa shape index (κ2) is 6.31. The lowest BCUT2D eigenvalue weighted by molar-refractivity contribution is -0.0487. The Hall–Kier alpha value is -2.15. The molecule has 118 valence electrons. The van der Waals surface area contributed by atoms with Gasteiger partial charge in [-0.15, -0.1) is 0 Å². The van der Waals surface area contributed by atoms with Gasteiger partial charge in [0.2, 0.25) is 0 Å². The molecule has 0 bridgehead atoms. The van der Waals surface area contributed by atoms with Gasteiger partial charge in [-0.25, -0.2) is 0 Å². The van der Waals surface area contributed by atoms with E-state index in [9.17, 15) is 13.6 Å². The molecule has 2 heterocycles. The van der Waals surface area contributed by atoms with E-state index in [-0.39, 0.29) is 17.7 Å². The highest BCUT2D eigenvalue weighted by Gasteiger charge is 2.18. The van der Waals surface area contributed by atoms with Crippen LogP contribution in [0.3, 0.4) is 0 Å². The number of hydrogen-bond acceptors (Lipinski definition) is 3. The maximum atomic E-state index is 12.4. The summed E-state index contributed by atoms with van der Waals surface area (Å²) in [5, 5.41) is 6.62. The standard InChI is InChI=1S/C15H17F2N3O2/c16-15(17)22-13-5-1-4-11-10(13)7-12(20-11)14(21)19-9-3-2-6-18-8-9/h1,4-5,7,9,15,18,20H,2-3,6,8H2,(H,19,21)/t9-/m1/s1. The summed E-state index contributed by atoms with van der Waals surface area (Å²) in [7, 11) is 0. The molecule has 1 atom stereocenters. The minimum atomic E-state index is -2.90. The molecule has 7 heteroatoms. The summed E-state index contributed by atoms with van der Waals surface area (Å²) < 4.78 is 29.3. The summed E-state index contributed by atoms with van der Waals surface area (Å²) in [6, 6.07) is 6.40. The van der Waals surface area contributed by atoms with Crippen LogP contribution in [0.25, 0.3) is 10.9 Å². The number of halogens is 2. The number of rotatable bonds is 4. The molecule has 1 aromatic heterocycles. The number of hydrogen-bond donors (Lipinski definition) is 3. The molecule has 1 saturated heterocycles. The van der Waals surface area contributed by atoms with Crippen LogP contribution in [-0.4, -0.2) is 36.6 Å². The van der Waals surface area contributed by atoms with Crippen molar-refractivity contribution in [3.05, 3.63) is 30.0 Å². The quantitative estimate of drug-likeness (QED) is 0.811. The molecule has 1 aliphatic heterocycles. The summed E-state index contributed by atoms with van der Waals surface area (Å²) in [5.74, 6) is -0.185. The van der Waals surface area contributed by atoms with E-state index in [1.165, 1.54) is 6.07 Å². The number of piperidine rings is 1. The van der Waals surface area contributed by atoms with Gasteiger partial charge in [0.1, 0.15) is 11.4 Å². The summed E-state index contributed by atoms with van der Waals surface area (Å²) >= 11 is 0. The maximum absolute atomic E-state index is 12.4. The Morgan fingerprint density at radius 2 is 2.27 bits per heavy atom. The van der Waals surface area contributed by atoms with E-state index in [4.69, 9.17) is 0 Å². The van der Waals surface area contributed by atoms with Gasteiger partial charge in [0.15, 0.2) is 0 Å². The van der Waals surface area contributed by atoms with Gasteiger partial charge in [-0.3, -0.25) is 4.79 Å². The number of fused-ring (bicyclic) bond motifs is 1. The Morgan fingerprint density at radius 3 is 3.00 bits per heavy atom. The molecule has 5 nitrogen and oxygen atoms in total. The van der Waals surface area contributed by atoms with Crippen molar-refractivity contribution in [2.24, 2.45) is 0 Å². The SMILES string of the molecule is O=C(N[C@@H]1CCCNC1)c1cc2c(OC(F)F)cccc2[nH]1. The number of carbonyl (C=O) groups is 1. The van der Waals surface area contributed by atoms with Crippen LogP contribution in [-0.2, 0) is 0 Å². The normalized spacial score (nSPS) is 18.6. The van der Waals surface area contributed by atoms with E-state index in [0.717, 1.165) is 25.9 Å². The molecule has 2 aromatic rings. The molecular formula is C15H17F2N3O2. The predicted molar refractivity (Wildman–Crippen MR) is 78.3 cm³/mol. The maximum Gasteiger partial charge on any atom is 0.387 e. The van der Waals surface area contributed by atoms with Crippen molar-refractivity contribution in [1.82, 2.24) is 15.6 Å². The van der Waals surface area contributed by atoms with E-state index in [2.05, 4.69) is 20.4 Å². The first-order valence-electron chi connectivity index (χ1n) is 7.21. The highest BCUT2D eigenvalue weighted by molar-refractivity contribution is 5.99. The molecule has 0 radical (unpaired) electrons. The molecule has 0 unspecified atom stereocenters. The molecule has 0 aliphatic carbocycles. The van der Waals surface area contributed by atoms with Gasteiger partial charge in [0.05, 0.1) is 0 Å². The van der Waals surface area contributed by atoms with Crippen molar-refractivity contribution in [3.63, 3.8) is 0 Å². The zero-order valence-corrected chi connectivity index (χ0v) is 11.9. The van der Waals surface area contributed by atoms with E-state index >= 15 is 0 Å². The number of carbonyl (C=O) groups excluding carboxylic acids is 1. The number of benzene rings is 1. The van der Waals surface area contributed by atoms with Gasteiger partial charge in [-0.1, -0.05) is 6.07 Å². The van der Waals surface area contributed by atoms with E-state index in [0.29, 0.717) is 16.6 Å². The fourth-order valence-electron chi connectivity index (χ4n) is 2.69. The van der Waals surface area contributed by atoms with Crippen LogP contribution in [0.4, 0.5) is 8.78 Å². The lowest BCUT2D eigenvalue weighted by Gasteiger charge is -2.23. The number of amides is 1. The van der Waals surface area contributed by atoms with Gasteiger partial charge in [-0.05, 0) is 37.6 Å². The van der Waals surface area contributed by atoms with Gasteiger partial charge in [0, 0.05) is 23.5 Å². The Labute approximate surface area is 126 Å². The molecular weight excluding hydrogens is 292 g/mol. The first-order valence-corrected chi connectivity index (χ1v) is 7.21. The second-order valence-electron chi connectivity index (χ2n) is 5.30. The number of alkyl halides is 2. The first-order chi connectivity index (χ1) is 10.6. The zero-order chi connectivity index (χ0) is 15.5. The topological polar surface area (TPSA) is 66.2 Å². The van der Waals surface area contributed by atoms with Crippen LogP contribution in [0.5, 0.6) is 5.75 Å². The smallest absolute Gasteiger partial charge is 0.387 e. The van der Waals surface area contributed by atoms with E-state index < -0.39 is 6.61 Å². The summed E-state index contributed by atoms with van der Waals surface area (Å²) in [6.45, 7) is -1.19. The summed E-state index contributed by atoms with van der Waals surface area (Å²) in [5.41, 5.74) is 0.927. The predicted octanol–water partition coefficient (Wildman–Crippen LogP) is 2.25. The van der Waals surface area contributed by atoms with Crippen LogP contribution in [0.2, 0.25) is 0 Å². The number of aromatic amines is 1. The Bertz CT molecular complexity index is 666. The van der Waals surface area contributed by atoms with Crippen LogP contribution >= 0.6 is 0 Å². The lowest BCUT2D eigenvalue weighted by atomic mass is 10.1. The fraction of sp³-hybridized carbons (Fsp3) is 0.400. The minimum absolute atomic E-state index is 0.0575. The third kappa shape index (κ3) is 3.19. The van der Waals surface area contributed by atoms with E-state index in [1.54, 1.807) is 18.2 Å². The van der Waals surface area contributed by atoms with E-state index in [1.807, 2.05) is 0 Å². The van der Waals surface area contributed by atoms with Crippen LogP contribution < -0.4 is 15.4 Å². The number of aromatic nitrogens is 1. The Morgan fingerprint density at radius 1 is 1.41 bits per heavy atom. The van der Waals surface area contributed by atoms with Crippen molar-refractivity contribution >= 4 is 16.8 Å². The van der Waals surface area contributed by atoms with Crippen molar-refractivity contribution in [1.29, 1.82) is 0 Å². The molecule has 0 spiro atoms. The molecule has 22 heavy (non-hydrogen) atoms. The minimum Gasteiger partial charge on any atom is -0.434 e. The molecule has 1 aliphatic rings. The number of H-pyrrole nitrogens is 1. The third-order valence-corrected chi connectivity index (χ3v) is 3.72. The lowest BCUT2D eigenvalue weighted by Crippen LogP contribution is -2.45. The summed E-state index contributed by atoms with van der Waals surface area (Å²) in [6.07, 6.45) is 1.95. The molecule has 0 saturated carbocycles. The Balaban J connectivity index is 1.80.